The van der Waals surface area contributed by atoms with Crippen molar-refractivity contribution < 1.29 is 13.2 Å². The fourth-order valence-electron chi connectivity index (χ4n) is 5.21. The van der Waals surface area contributed by atoms with E-state index in [0.717, 1.165) is 53.3 Å². The van der Waals surface area contributed by atoms with Gasteiger partial charge in [0.05, 0.1) is 22.0 Å². The quantitative estimate of drug-likeness (QED) is 0.153. The lowest BCUT2D eigenvalue weighted by Gasteiger charge is -2.25. The SMILES string of the molecule is CCCCn1c(-c2ccccc2)nc(-c2ccccc2)c1CN(Cc1ccccc1)Cc1ccc(Cl)c(C(F)(F)F)c1. The van der Waals surface area contributed by atoms with Crippen LogP contribution in [0.25, 0.3) is 22.6 Å². The second kappa shape index (κ2) is 13.4. The first-order chi connectivity index (χ1) is 20.3. The van der Waals surface area contributed by atoms with E-state index < -0.39 is 11.7 Å². The van der Waals surface area contributed by atoms with E-state index in [9.17, 15) is 13.2 Å². The lowest BCUT2D eigenvalue weighted by Crippen LogP contribution is -2.25. The first-order valence-corrected chi connectivity index (χ1v) is 14.5. The third-order valence-electron chi connectivity index (χ3n) is 7.25. The highest BCUT2D eigenvalue weighted by Crippen LogP contribution is 2.36. The Morgan fingerprint density at radius 3 is 1.95 bits per heavy atom. The molecule has 0 bridgehead atoms. The summed E-state index contributed by atoms with van der Waals surface area (Å²) in [4.78, 5) is 7.38. The van der Waals surface area contributed by atoms with Gasteiger partial charge in [-0.15, -0.1) is 0 Å². The Morgan fingerprint density at radius 2 is 1.33 bits per heavy atom. The van der Waals surface area contributed by atoms with Crippen LogP contribution in [0.15, 0.2) is 109 Å². The molecule has 0 saturated heterocycles. The van der Waals surface area contributed by atoms with Crippen molar-refractivity contribution in [2.75, 3.05) is 0 Å². The van der Waals surface area contributed by atoms with Crippen molar-refractivity contribution in [3.8, 4) is 22.6 Å². The lowest BCUT2D eigenvalue weighted by atomic mass is 10.1. The molecule has 0 radical (unpaired) electrons. The summed E-state index contributed by atoms with van der Waals surface area (Å²) < 4.78 is 43.5. The molecule has 4 aromatic carbocycles. The third kappa shape index (κ3) is 7.12. The summed E-state index contributed by atoms with van der Waals surface area (Å²) in [6.07, 6.45) is -2.53. The summed E-state index contributed by atoms with van der Waals surface area (Å²) in [7, 11) is 0. The normalized spacial score (nSPS) is 11.8. The number of aromatic nitrogens is 2. The first-order valence-electron chi connectivity index (χ1n) is 14.2. The van der Waals surface area contributed by atoms with Gasteiger partial charge in [0, 0.05) is 37.3 Å². The maximum atomic E-state index is 13.7. The largest absolute Gasteiger partial charge is 0.417 e. The first kappa shape index (κ1) is 29.6. The standard InChI is InChI=1S/C35H33ClF3N3/c1-2-3-21-42-32(33(28-15-9-5-10-16-28)40-34(42)29-17-11-6-12-18-29)25-41(23-26-13-7-4-8-14-26)24-27-19-20-31(36)30(22-27)35(37,38)39/h4-20,22H,2-3,21,23-25H2,1H3. The topological polar surface area (TPSA) is 21.1 Å². The highest BCUT2D eigenvalue weighted by atomic mass is 35.5. The molecule has 3 nitrogen and oxygen atoms in total. The van der Waals surface area contributed by atoms with Crippen LogP contribution in [0.1, 0.15) is 42.1 Å². The van der Waals surface area contributed by atoms with E-state index >= 15 is 0 Å². The highest BCUT2D eigenvalue weighted by molar-refractivity contribution is 6.31. The second-order valence-electron chi connectivity index (χ2n) is 10.4. The van der Waals surface area contributed by atoms with Gasteiger partial charge >= 0.3 is 6.18 Å². The second-order valence-corrected chi connectivity index (χ2v) is 10.8. The van der Waals surface area contributed by atoms with Gasteiger partial charge in [-0.2, -0.15) is 13.2 Å². The van der Waals surface area contributed by atoms with Gasteiger partial charge in [0.15, 0.2) is 0 Å². The highest BCUT2D eigenvalue weighted by Gasteiger charge is 2.33. The average molecular weight is 588 g/mol. The minimum Gasteiger partial charge on any atom is -0.326 e. The van der Waals surface area contributed by atoms with Crippen molar-refractivity contribution in [1.82, 2.24) is 14.5 Å². The molecule has 0 N–H and O–H groups in total. The summed E-state index contributed by atoms with van der Waals surface area (Å²) in [6, 6.07) is 34.4. The van der Waals surface area contributed by atoms with Crippen molar-refractivity contribution >= 4 is 11.6 Å². The molecule has 42 heavy (non-hydrogen) atoms. The minimum absolute atomic E-state index is 0.294. The zero-order valence-corrected chi connectivity index (χ0v) is 24.2. The van der Waals surface area contributed by atoms with E-state index in [4.69, 9.17) is 16.6 Å². The van der Waals surface area contributed by atoms with Crippen LogP contribution in [0.4, 0.5) is 13.2 Å². The van der Waals surface area contributed by atoms with Crippen LogP contribution < -0.4 is 0 Å². The van der Waals surface area contributed by atoms with Crippen LogP contribution in [-0.2, 0) is 32.4 Å². The zero-order chi connectivity index (χ0) is 29.5. The van der Waals surface area contributed by atoms with Gasteiger partial charge in [0.2, 0.25) is 0 Å². The lowest BCUT2D eigenvalue weighted by molar-refractivity contribution is -0.137. The molecule has 0 aliphatic carbocycles. The molecule has 0 unspecified atom stereocenters. The van der Waals surface area contributed by atoms with E-state index in [1.54, 1.807) is 6.07 Å². The van der Waals surface area contributed by atoms with Crippen molar-refractivity contribution in [3.63, 3.8) is 0 Å². The molecular formula is C35H33ClF3N3. The van der Waals surface area contributed by atoms with Crippen molar-refractivity contribution in [2.24, 2.45) is 0 Å². The Kier molecular flexibility index (Phi) is 9.45. The predicted octanol–water partition coefficient (Wildman–Crippen LogP) is 9.89. The summed E-state index contributed by atoms with van der Waals surface area (Å²) in [5.74, 6) is 0.892. The van der Waals surface area contributed by atoms with E-state index in [-0.39, 0.29) is 5.02 Å². The molecule has 0 spiro atoms. The number of unbranched alkanes of at least 4 members (excludes halogenated alkanes) is 1. The minimum atomic E-state index is -4.53. The van der Waals surface area contributed by atoms with Gasteiger partial charge in [0.1, 0.15) is 5.82 Å². The average Bonchev–Trinajstić information content (AvgIpc) is 3.35. The molecule has 0 aliphatic rings. The number of alkyl halides is 3. The van der Waals surface area contributed by atoms with Crippen LogP contribution in [0.2, 0.25) is 5.02 Å². The molecule has 0 atom stereocenters. The monoisotopic (exact) mass is 587 g/mol. The van der Waals surface area contributed by atoms with E-state index in [1.165, 1.54) is 12.1 Å². The van der Waals surface area contributed by atoms with Crippen molar-refractivity contribution in [1.29, 1.82) is 0 Å². The third-order valence-corrected chi connectivity index (χ3v) is 7.58. The summed E-state index contributed by atoms with van der Waals surface area (Å²) >= 11 is 5.95. The number of nitrogens with zero attached hydrogens (tertiary/aromatic N) is 3. The van der Waals surface area contributed by atoms with Crippen LogP contribution in [0.3, 0.4) is 0 Å². The van der Waals surface area contributed by atoms with Crippen LogP contribution in [0.5, 0.6) is 0 Å². The van der Waals surface area contributed by atoms with Crippen LogP contribution >= 0.6 is 11.6 Å². The van der Waals surface area contributed by atoms with E-state index in [2.05, 4.69) is 40.7 Å². The van der Waals surface area contributed by atoms with E-state index in [1.807, 2.05) is 66.7 Å². The molecule has 1 heterocycles. The Hall–Kier alpha value is -3.87. The number of rotatable bonds is 11. The smallest absolute Gasteiger partial charge is 0.326 e. The number of hydrogen-bond donors (Lipinski definition) is 0. The number of hydrogen-bond acceptors (Lipinski definition) is 2. The number of imidazole rings is 1. The van der Waals surface area contributed by atoms with Gasteiger partial charge in [-0.1, -0.05) is 122 Å². The predicted molar refractivity (Wildman–Crippen MR) is 164 cm³/mol. The molecule has 5 rings (SSSR count). The molecule has 0 aliphatic heterocycles. The Balaban J connectivity index is 1.62. The van der Waals surface area contributed by atoms with Gasteiger partial charge in [-0.05, 0) is 29.7 Å². The van der Waals surface area contributed by atoms with E-state index in [0.29, 0.717) is 25.2 Å². The molecular weight excluding hydrogens is 555 g/mol. The number of benzene rings is 4. The van der Waals surface area contributed by atoms with Gasteiger partial charge < -0.3 is 4.57 Å². The molecule has 7 heteroatoms. The van der Waals surface area contributed by atoms with Crippen LogP contribution in [0, 0.1) is 0 Å². The number of halogens is 4. The molecule has 1 aromatic heterocycles. The zero-order valence-electron chi connectivity index (χ0n) is 23.5. The maximum Gasteiger partial charge on any atom is 0.417 e. The van der Waals surface area contributed by atoms with Crippen molar-refractivity contribution in [2.45, 2.75) is 52.1 Å². The van der Waals surface area contributed by atoms with Crippen LogP contribution in [-0.4, -0.2) is 14.5 Å². The summed E-state index contributed by atoms with van der Waals surface area (Å²) in [5.41, 5.74) is 4.76. The molecule has 0 amide bonds. The van der Waals surface area contributed by atoms with Crippen molar-refractivity contribution in [3.05, 3.63) is 137 Å². The van der Waals surface area contributed by atoms with Gasteiger partial charge in [-0.25, -0.2) is 4.98 Å². The molecule has 0 fully saturated rings. The Bertz CT molecular complexity index is 1580. The van der Waals surface area contributed by atoms with Gasteiger partial charge in [-0.3, -0.25) is 4.90 Å². The molecule has 0 saturated carbocycles. The fourth-order valence-corrected chi connectivity index (χ4v) is 5.43. The molecule has 5 aromatic rings. The van der Waals surface area contributed by atoms with Gasteiger partial charge in [0.25, 0.3) is 0 Å². The maximum absolute atomic E-state index is 13.7. The fraction of sp³-hybridized carbons (Fsp3) is 0.229. The Labute approximate surface area is 250 Å². The summed E-state index contributed by atoms with van der Waals surface area (Å²) in [5, 5.41) is -0.294. The molecule has 216 valence electrons. The Morgan fingerprint density at radius 1 is 0.738 bits per heavy atom. The summed E-state index contributed by atoms with van der Waals surface area (Å²) in [6.45, 7) is 4.31.